The second-order valence-electron chi connectivity index (χ2n) is 9.75. The van der Waals surface area contributed by atoms with Crippen LogP contribution in [0.25, 0.3) is 0 Å². The molecule has 2 aromatic rings. The van der Waals surface area contributed by atoms with E-state index in [0.717, 1.165) is 11.3 Å². The molecule has 0 saturated heterocycles. The highest BCUT2D eigenvalue weighted by Gasteiger charge is 2.26. The number of methoxy groups -OCH3 is 1. The third kappa shape index (κ3) is 8.12. The van der Waals surface area contributed by atoms with Crippen LogP contribution in [0.3, 0.4) is 0 Å². The van der Waals surface area contributed by atoms with Gasteiger partial charge in [0.05, 0.1) is 7.11 Å². The fraction of sp³-hybridized carbons (Fsp3) is 0.481. The average Bonchev–Trinajstić information content (AvgIpc) is 2.79. The van der Waals surface area contributed by atoms with Crippen LogP contribution in [0.4, 0.5) is 0 Å². The predicted octanol–water partition coefficient (Wildman–Crippen LogP) is 4.56. The standard InChI is InChI=1S/C27H38N2O4/c1-19(2)16-28-26(31)20(3)29(17-21-8-12-23(32-7)13-9-21)25(30)18-33-24-14-10-22(11-15-24)27(4,5)6/h8-15,19-20H,16-18H2,1-7H3,(H,28,31). The van der Waals surface area contributed by atoms with Crippen LogP contribution in [0.5, 0.6) is 11.5 Å². The summed E-state index contributed by atoms with van der Waals surface area (Å²) in [6.07, 6.45) is 0. The van der Waals surface area contributed by atoms with Crippen molar-refractivity contribution in [2.24, 2.45) is 5.92 Å². The maximum Gasteiger partial charge on any atom is 0.261 e. The van der Waals surface area contributed by atoms with Gasteiger partial charge >= 0.3 is 0 Å². The molecular formula is C27H38N2O4. The third-order valence-electron chi connectivity index (χ3n) is 5.45. The van der Waals surface area contributed by atoms with E-state index in [1.54, 1.807) is 18.9 Å². The smallest absolute Gasteiger partial charge is 0.261 e. The highest BCUT2D eigenvalue weighted by molar-refractivity contribution is 5.88. The molecule has 1 N–H and O–H groups in total. The number of hydrogen-bond donors (Lipinski definition) is 1. The number of hydrogen-bond acceptors (Lipinski definition) is 4. The molecule has 0 aliphatic carbocycles. The van der Waals surface area contributed by atoms with Crippen molar-refractivity contribution in [3.05, 3.63) is 59.7 Å². The van der Waals surface area contributed by atoms with Crippen LogP contribution in [0, 0.1) is 5.92 Å². The zero-order valence-corrected chi connectivity index (χ0v) is 21.0. The molecule has 1 atom stereocenters. The Morgan fingerprint density at radius 3 is 2.03 bits per heavy atom. The summed E-state index contributed by atoms with van der Waals surface area (Å²) >= 11 is 0. The minimum Gasteiger partial charge on any atom is -0.497 e. The molecule has 0 spiro atoms. The van der Waals surface area contributed by atoms with E-state index in [2.05, 4.69) is 26.1 Å². The molecule has 2 aromatic carbocycles. The lowest BCUT2D eigenvalue weighted by atomic mass is 9.87. The number of nitrogens with zero attached hydrogens (tertiary/aromatic N) is 1. The summed E-state index contributed by atoms with van der Waals surface area (Å²) in [6, 6.07) is 14.6. The van der Waals surface area contributed by atoms with Crippen molar-refractivity contribution in [2.45, 2.75) is 59.5 Å². The molecule has 2 rings (SSSR count). The summed E-state index contributed by atoms with van der Waals surface area (Å²) in [5.74, 6) is 1.25. The SMILES string of the molecule is COc1ccc(CN(C(=O)COc2ccc(C(C)(C)C)cc2)C(C)C(=O)NCC(C)C)cc1. The van der Waals surface area contributed by atoms with Crippen molar-refractivity contribution in [3.63, 3.8) is 0 Å². The lowest BCUT2D eigenvalue weighted by Crippen LogP contribution is -2.49. The predicted molar refractivity (Wildman–Crippen MR) is 131 cm³/mol. The zero-order chi connectivity index (χ0) is 24.6. The average molecular weight is 455 g/mol. The van der Waals surface area contributed by atoms with Crippen LogP contribution in [0.1, 0.15) is 52.7 Å². The first-order valence-corrected chi connectivity index (χ1v) is 11.4. The van der Waals surface area contributed by atoms with Gasteiger partial charge in [0, 0.05) is 13.1 Å². The number of amides is 2. The molecular weight excluding hydrogens is 416 g/mol. The molecule has 0 bridgehead atoms. The topological polar surface area (TPSA) is 67.9 Å². The molecule has 0 aliphatic rings. The normalized spacial score (nSPS) is 12.2. The van der Waals surface area contributed by atoms with Crippen LogP contribution in [0.2, 0.25) is 0 Å². The van der Waals surface area contributed by atoms with E-state index < -0.39 is 6.04 Å². The van der Waals surface area contributed by atoms with Gasteiger partial charge in [-0.1, -0.05) is 58.9 Å². The monoisotopic (exact) mass is 454 g/mol. The highest BCUT2D eigenvalue weighted by atomic mass is 16.5. The molecule has 0 aromatic heterocycles. The van der Waals surface area contributed by atoms with Gasteiger partial charge < -0.3 is 19.7 Å². The van der Waals surface area contributed by atoms with Crippen molar-refractivity contribution < 1.29 is 19.1 Å². The molecule has 180 valence electrons. The van der Waals surface area contributed by atoms with Crippen molar-refractivity contribution in [3.8, 4) is 11.5 Å². The van der Waals surface area contributed by atoms with Gasteiger partial charge in [-0.25, -0.2) is 0 Å². The molecule has 6 nitrogen and oxygen atoms in total. The highest BCUT2D eigenvalue weighted by Crippen LogP contribution is 2.24. The van der Waals surface area contributed by atoms with Crippen molar-refractivity contribution >= 4 is 11.8 Å². The lowest BCUT2D eigenvalue weighted by Gasteiger charge is -2.29. The van der Waals surface area contributed by atoms with Gasteiger partial charge in [0.2, 0.25) is 5.91 Å². The second kappa shape index (κ2) is 11.7. The lowest BCUT2D eigenvalue weighted by molar-refractivity contribution is -0.142. The quantitative estimate of drug-likeness (QED) is 0.571. The minimum absolute atomic E-state index is 0.0439. The third-order valence-corrected chi connectivity index (χ3v) is 5.45. The maximum absolute atomic E-state index is 13.2. The molecule has 0 fully saturated rings. The van der Waals surface area contributed by atoms with E-state index in [1.165, 1.54) is 5.56 Å². The minimum atomic E-state index is -0.634. The number of carbonyl (C=O) groups is 2. The Balaban J connectivity index is 2.12. The summed E-state index contributed by atoms with van der Waals surface area (Å²) in [6.45, 7) is 13.0. The fourth-order valence-electron chi connectivity index (χ4n) is 3.24. The summed E-state index contributed by atoms with van der Waals surface area (Å²) in [4.78, 5) is 27.4. The summed E-state index contributed by atoms with van der Waals surface area (Å²) in [5, 5.41) is 2.92. The van der Waals surface area contributed by atoms with Gasteiger partial charge in [-0.05, 0) is 53.6 Å². The molecule has 2 amide bonds. The van der Waals surface area contributed by atoms with E-state index in [-0.39, 0.29) is 23.8 Å². The van der Waals surface area contributed by atoms with Crippen molar-refractivity contribution in [2.75, 3.05) is 20.3 Å². The number of ether oxygens (including phenoxy) is 2. The molecule has 0 aliphatic heterocycles. The fourth-order valence-corrected chi connectivity index (χ4v) is 3.24. The number of nitrogens with one attached hydrogen (secondary N) is 1. The van der Waals surface area contributed by atoms with E-state index in [1.807, 2.05) is 62.4 Å². The first-order chi connectivity index (χ1) is 15.5. The van der Waals surface area contributed by atoms with Crippen molar-refractivity contribution in [1.82, 2.24) is 10.2 Å². The van der Waals surface area contributed by atoms with Crippen LogP contribution in [0.15, 0.2) is 48.5 Å². The molecule has 0 saturated carbocycles. The van der Waals surface area contributed by atoms with Gasteiger partial charge in [0.15, 0.2) is 6.61 Å². The number of carbonyl (C=O) groups excluding carboxylic acids is 2. The van der Waals surface area contributed by atoms with E-state index >= 15 is 0 Å². The summed E-state index contributed by atoms with van der Waals surface area (Å²) in [5.41, 5.74) is 2.14. The van der Waals surface area contributed by atoms with Crippen molar-refractivity contribution in [1.29, 1.82) is 0 Å². The van der Waals surface area contributed by atoms with Gasteiger partial charge in [-0.15, -0.1) is 0 Å². The van der Waals surface area contributed by atoms with E-state index in [4.69, 9.17) is 9.47 Å². The Morgan fingerprint density at radius 1 is 0.939 bits per heavy atom. The maximum atomic E-state index is 13.2. The summed E-state index contributed by atoms with van der Waals surface area (Å²) in [7, 11) is 1.61. The Morgan fingerprint density at radius 2 is 1.52 bits per heavy atom. The second-order valence-corrected chi connectivity index (χ2v) is 9.75. The van der Waals surface area contributed by atoms with Gasteiger partial charge in [0.1, 0.15) is 17.5 Å². The van der Waals surface area contributed by atoms with E-state index in [9.17, 15) is 9.59 Å². The number of benzene rings is 2. The van der Waals surface area contributed by atoms with E-state index in [0.29, 0.717) is 24.8 Å². The Hall–Kier alpha value is -3.02. The first-order valence-electron chi connectivity index (χ1n) is 11.4. The Kier molecular flexibility index (Phi) is 9.32. The van der Waals surface area contributed by atoms with Gasteiger partial charge in [0.25, 0.3) is 5.91 Å². The Bertz CT molecular complexity index is 899. The van der Waals surface area contributed by atoms with Gasteiger partial charge in [-0.2, -0.15) is 0 Å². The van der Waals surface area contributed by atoms with Gasteiger partial charge in [-0.3, -0.25) is 9.59 Å². The largest absolute Gasteiger partial charge is 0.497 e. The molecule has 1 unspecified atom stereocenters. The molecule has 6 heteroatoms. The molecule has 0 heterocycles. The molecule has 0 radical (unpaired) electrons. The summed E-state index contributed by atoms with van der Waals surface area (Å²) < 4.78 is 11.0. The Labute approximate surface area is 198 Å². The zero-order valence-electron chi connectivity index (χ0n) is 21.0. The number of rotatable bonds is 10. The van der Waals surface area contributed by atoms with Crippen LogP contribution in [-0.2, 0) is 21.5 Å². The van der Waals surface area contributed by atoms with Crippen LogP contribution < -0.4 is 14.8 Å². The first kappa shape index (κ1) is 26.2. The van der Waals surface area contributed by atoms with Crippen LogP contribution >= 0.6 is 0 Å². The van der Waals surface area contributed by atoms with Crippen LogP contribution in [-0.4, -0.2) is 43.0 Å². The molecule has 33 heavy (non-hydrogen) atoms.